The van der Waals surface area contributed by atoms with Gasteiger partial charge in [0.15, 0.2) is 0 Å². The summed E-state index contributed by atoms with van der Waals surface area (Å²) >= 11 is 0. The molecule has 0 aromatic heterocycles. The topological polar surface area (TPSA) is 131 Å². The minimum atomic E-state index is -4.69. The molecular weight excluding hydrogens is 372 g/mol. The summed E-state index contributed by atoms with van der Waals surface area (Å²) in [6.45, 7) is 2.43. The number of aryl methyl sites for hydroxylation is 1. The summed E-state index contributed by atoms with van der Waals surface area (Å²) in [6, 6.07) is 12.8. The molecule has 2 aromatic carbocycles. The van der Waals surface area contributed by atoms with Crippen LogP contribution in [0.1, 0.15) is 37.7 Å². The van der Waals surface area contributed by atoms with Crippen molar-refractivity contribution in [3.8, 4) is 0 Å². The lowest BCUT2D eigenvalue weighted by Crippen LogP contribution is -2.58. The Morgan fingerprint density at radius 2 is 1.74 bits per heavy atom. The van der Waals surface area contributed by atoms with Gasteiger partial charge < -0.3 is 10.6 Å². The third kappa shape index (κ3) is 7.80. The molecule has 7 nitrogen and oxygen atoms in total. The predicted octanol–water partition coefficient (Wildman–Crippen LogP) is -0.115. The smallest absolute Gasteiger partial charge is 0.238 e. The lowest BCUT2D eigenvalue weighted by molar-refractivity contribution is -1.92. The molecule has 0 heterocycles. The normalized spacial score (nSPS) is 15.1. The number of hydrogen-bond acceptors (Lipinski definition) is 6. The highest BCUT2D eigenvalue weighted by atomic mass is 35.7. The molecule has 3 rings (SSSR count). The molecule has 0 saturated heterocycles. The van der Waals surface area contributed by atoms with Crippen molar-refractivity contribution in [3.05, 3.63) is 42.0 Å². The monoisotopic (exact) mass is 396 g/mol. The van der Waals surface area contributed by atoms with E-state index in [1.807, 2.05) is 19.1 Å². The van der Waals surface area contributed by atoms with E-state index >= 15 is 0 Å². The predicted molar refractivity (Wildman–Crippen MR) is 94.4 cm³/mol. The Hall–Kier alpha value is -1.74. The van der Waals surface area contributed by atoms with Crippen molar-refractivity contribution in [1.82, 2.24) is 5.32 Å². The Bertz CT molecular complexity index is 751. The molecule has 1 aliphatic carbocycles. The quantitative estimate of drug-likeness (QED) is 0.660. The van der Waals surface area contributed by atoms with Crippen molar-refractivity contribution in [2.75, 3.05) is 11.9 Å². The van der Waals surface area contributed by atoms with Crippen molar-refractivity contribution in [2.45, 2.75) is 45.1 Å². The van der Waals surface area contributed by atoms with E-state index in [1.54, 1.807) is 0 Å². The van der Waals surface area contributed by atoms with Crippen LogP contribution >= 0.6 is 0 Å². The van der Waals surface area contributed by atoms with Crippen molar-refractivity contribution in [1.29, 1.82) is 0 Å². The average molecular weight is 397 g/mol. The fraction of sp³-hybridized carbons (Fsp3) is 0.421. The molecule has 0 bridgehead atoms. The number of halogens is 1. The summed E-state index contributed by atoms with van der Waals surface area (Å²) in [7, 11) is -4.69. The number of fused-ring (bicyclic) bond motifs is 1. The Balaban J connectivity index is 0.000000465. The van der Waals surface area contributed by atoms with Gasteiger partial charge in [0.2, 0.25) is 5.91 Å². The van der Waals surface area contributed by atoms with Crippen LogP contribution in [0.2, 0.25) is 0 Å². The van der Waals surface area contributed by atoms with E-state index < -0.39 is 10.2 Å². The zero-order chi connectivity index (χ0) is 19.9. The first-order chi connectivity index (χ1) is 12.7. The number of benzene rings is 2. The molecular formula is C19H25ClN2O5. The Morgan fingerprint density at radius 1 is 1.11 bits per heavy atom. The van der Waals surface area contributed by atoms with Crippen molar-refractivity contribution < 1.29 is 33.7 Å². The van der Waals surface area contributed by atoms with Crippen LogP contribution in [0.15, 0.2) is 36.4 Å². The third-order valence-corrected chi connectivity index (χ3v) is 4.56. The first-order valence-electron chi connectivity index (χ1n) is 8.89. The minimum absolute atomic E-state index is 0.0463. The van der Waals surface area contributed by atoms with Gasteiger partial charge in [-0.3, -0.25) is 4.79 Å². The molecule has 8 heteroatoms. The Labute approximate surface area is 160 Å². The van der Waals surface area contributed by atoms with Gasteiger partial charge in [0.1, 0.15) is 0 Å². The zero-order valence-electron chi connectivity index (χ0n) is 15.2. The van der Waals surface area contributed by atoms with Crippen LogP contribution in [0.5, 0.6) is 0 Å². The summed E-state index contributed by atoms with van der Waals surface area (Å²) in [4.78, 5) is 12.3. The standard InChI is InChI=1S/C19H24N2O.ClHO4/c1-14-11-12-15-7-5-6-10-17(15)19(14)21-18(22)13-20-16-8-3-2-4-9-16;2-1(3,4)5/h5-7,10-12,16,20H,2-4,8-9,13H2,1H3,(H,21,22);(H,2,3,4,5). The SMILES string of the molecule is Cc1ccc2ccccc2c1NC(=O)CNC1CCCCC1.[O-][Cl+3]([O-])([O-])O. The lowest BCUT2D eigenvalue weighted by Gasteiger charge is -2.22. The van der Waals surface area contributed by atoms with E-state index in [9.17, 15) is 4.79 Å². The molecule has 27 heavy (non-hydrogen) atoms. The first-order valence-corrected chi connectivity index (χ1v) is 10.2. The molecule has 148 valence electrons. The number of anilines is 1. The van der Waals surface area contributed by atoms with Gasteiger partial charge in [0.25, 0.3) is 0 Å². The summed E-state index contributed by atoms with van der Waals surface area (Å²) in [5.74, 6) is 0.0463. The molecule has 2 aromatic rings. The highest BCUT2D eigenvalue weighted by Crippen LogP contribution is 2.27. The van der Waals surface area contributed by atoms with Crippen LogP contribution in [0.4, 0.5) is 5.69 Å². The van der Waals surface area contributed by atoms with Gasteiger partial charge in [-0.15, -0.1) is 0 Å². The number of carbonyl (C=O) groups excluding carboxylic acids is 1. The second-order valence-corrected chi connectivity index (χ2v) is 7.43. The number of hydrogen-bond donors (Lipinski definition) is 3. The highest BCUT2D eigenvalue weighted by molar-refractivity contribution is 6.03. The molecule has 1 fully saturated rings. The van der Waals surface area contributed by atoms with Crippen LogP contribution in [-0.4, -0.2) is 23.2 Å². The second-order valence-electron chi connectivity index (χ2n) is 6.64. The molecule has 0 radical (unpaired) electrons. The minimum Gasteiger partial charge on any atom is -0.324 e. The lowest BCUT2D eigenvalue weighted by atomic mass is 9.95. The van der Waals surface area contributed by atoms with E-state index in [1.165, 1.54) is 32.1 Å². The Kier molecular flexibility index (Phi) is 7.97. The fourth-order valence-corrected chi connectivity index (χ4v) is 3.27. The van der Waals surface area contributed by atoms with Crippen molar-refractivity contribution >= 4 is 22.4 Å². The number of rotatable bonds is 4. The molecule has 3 N–H and O–H groups in total. The molecule has 0 aliphatic heterocycles. The van der Waals surface area contributed by atoms with Crippen LogP contribution in [0.25, 0.3) is 10.8 Å². The maximum atomic E-state index is 12.3. The maximum Gasteiger partial charge on any atom is 0.238 e. The van der Waals surface area contributed by atoms with Gasteiger partial charge in [-0.05, 0) is 30.7 Å². The van der Waals surface area contributed by atoms with E-state index in [4.69, 9.17) is 18.6 Å². The summed E-state index contributed by atoms with van der Waals surface area (Å²) < 4.78 is 32.7. The van der Waals surface area contributed by atoms with E-state index in [0.29, 0.717) is 12.6 Å². The summed E-state index contributed by atoms with van der Waals surface area (Å²) in [5, 5.41) is 8.75. The van der Waals surface area contributed by atoms with Crippen LogP contribution < -0.4 is 24.6 Å². The van der Waals surface area contributed by atoms with E-state index in [2.05, 4.69) is 34.9 Å². The van der Waals surface area contributed by atoms with Gasteiger partial charge in [-0.1, -0.05) is 55.7 Å². The van der Waals surface area contributed by atoms with Gasteiger partial charge in [-0.25, -0.2) is 0 Å². The van der Waals surface area contributed by atoms with Crippen molar-refractivity contribution in [3.63, 3.8) is 0 Å². The van der Waals surface area contributed by atoms with Gasteiger partial charge in [-0.2, -0.15) is 14.0 Å². The largest absolute Gasteiger partial charge is 0.324 e. The van der Waals surface area contributed by atoms with Crippen LogP contribution in [0, 0.1) is 17.2 Å². The Morgan fingerprint density at radius 3 is 2.41 bits per heavy atom. The average Bonchev–Trinajstić information content (AvgIpc) is 2.62. The molecule has 0 spiro atoms. The summed E-state index contributed by atoms with van der Waals surface area (Å²) in [5.41, 5.74) is 2.04. The van der Waals surface area contributed by atoms with E-state index in [-0.39, 0.29) is 5.91 Å². The second kappa shape index (κ2) is 9.98. The van der Waals surface area contributed by atoms with Crippen molar-refractivity contribution in [2.24, 2.45) is 0 Å². The number of amides is 1. The molecule has 0 unspecified atom stereocenters. The first kappa shape index (κ1) is 21.6. The summed E-state index contributed by atoms with van der Waals surface area (Å²) in [6.07, 6.45) is 6.28. The van der Waals surface area contributed by atoms with Crippen LogP contribution in [-0.2, 0) is 4.79 Å². The highest BCUT2D eigenvalue weighted by Gasteiger charge is 2.14. The molecule has 1 saturated carbocycles. The fourth-order valence-electron chi connectivity index (χ4n) is 3.27. The van der Waals surface area contributed by atoms with Gasteiger partial charge >= 0.3 is 0 Å². The third-order valence-electron chi connectivity index (χ3n) is 4.56. The molecule has 1 amide bonds. The number of carbonyl (C=O) groups is 1. The molecule has 0 atom stereocenters. The van der Waals surface area contributed by atoms with Gasteiger partial charge in [0, 0.05) is 11.4 Å². The number of nitrogens with one attached hydrogen (secondary N) is 2. The maximum absolute atomic E-state index is 12.3. The van der Waals surface area contributed by atoms with E-state index in [0.717, 1.165) is 22.0 Å². The zero-order valence-corrected chi connectivity index (χ0v) is 16.0. The van der Waals surface area contributed by atoms with Crippen LogP contribution in [0.3, 0.4) is 0 Å². The molecule has 1 aliphatic rings. The van der Waals surface area contributed by atoms with Gasteiger partial charge in [0.05, 0.1) is 27.1 Å².